The molecule has 2 fully saturated rings. The molecule has 0 aromatic heterocycles. The molecular formula is C18H24O3. The van der Waals surface area contributed by atoms with Crippen LogP contribution in [0.15, 0.2) is 30.3 Å². The number of hydrogen-bond donors (Lipinski definition) is 1. The Balaban J connectivity index is 1.69. The number of ketones is 1. The van der Waals surface area contributed by atoms with Crippen LogP contribution < -0.4 is 0 Å². The van der Waals surface area contributed by atoms with Crippen molar-refractivity contribution >= 4 is 5.78 Å². The summed E-state index contributed by atoms with van der Waals surface area (Å²) in [6.45, 7) is 0.651. The zero-order chi connectivity index (χ0) is 14.7. The fourth-order valence-corrected chi connectivity index (χ4v) is 3.84. The van der Waals surface area contributed by atoms with Crippen LogP contribution in [0.25, 0.3) is 0 Å². The predicted molar refractivity (Wildman–Crippen MR) is 80.9 cm³/mol. The fraction of sp³-hybridized carbons (Fsp3) is 0.611. The molecule has 0 bridgehead atoms. The Hall–Kier alpha value is -1.19. The number of aliphatic hydroxyl groups excluding tert-OH is 1. The molecule has 1 aliphatic heterocycles. The summed E-state index contributed by atoms with van der Waals surface area (Å²) in [5.74, 6) is -0.0958. The first-order valence-electron chi connectivity index (χ1n) is 8.11. The van der Waals surface area contributed by atoms with Crippen molar-refractivity contribution in [3.8, 4) is 0 Å². The van der Waals surface area contributed by atoms with E-state index in [9.17, 15) is 9.90 Å². The van der Waals surface area contributed by atoms with Gasteiger partial charge in [0.15, 0.2) is 5.78 Å². The van der Waals surface area contributed by atoms with Gasteiger partial charge in [0.1, 0.15) is 6.10 Å². The molecule has 1 aromatic rings. The van der Waals surface area contributed by atoms with E-state index in [0.717, 1.165) is 25.7 Å². The van der Waals surface area contributed by atoms with Gasteiger partial charge >= 0.3 is 0 Å². The van der Waals surface area contributed by atoms with Crippen molar-refractivity contribution in [2.45, 2.75) is 56.7 Å². The standard InChI is InChI=1S/C18H24O3/c19-16(14-7-3-1-4-8-14)17(20)15-9-12-21-18(13-15)10-5-2-6-11-18/h1,3-4,7-8,15-16,19H,2,5-6,9-13H2. The Bertz CT molecular complexity index is 471. The van der Waals surface area contributed by atoms with Gasteiger partial charge in [-0.1, -0.05) is 49.6 Å². The van der Waals surface area contributed by atoms with Gasteiger partial charge in [-0.15, -0.1) is 0 Å². The predicted octanol–water partition coefficient (Wildman–Crippen LogP) is 3.42. The summed E-state index contributed by atoms with van der Waals surface area (Å²) in [5, 5.41) is 10.3. The SMILES string of the molecule is O=C(C1CCOC2(CCCCC2)C1)C(O)c1ccccc1. The van der Waals surface area contributed by atoms with Crippen molar-refractivity contribution in [2.75, 3.05) is 6.61 Å². The maximum Gasteiger partial charge on any atom is 0.169 e. The lowest BCUT2D eigenvalue weighted by Gasteiger charge is -2.43. The minimum atomic E-state index is -0.991. The molecule has 3 nitrogen and oxygen atoms in total. The molecule has 21 heavy (non-hydrogen) atoms. The van der Waals surface area contributed by atoms with Crippen molar-refractivity contribution in [1.82, 2.24) is 0 Å². The zero-order valence-corrected chi connectivity index (χ0v) is 12.5. The molecule has 1 saturated heterocycles. The molecule has 0 radical (unpaired) electrons. The van der Waals surface area contributed by atoms with E-state index in [0.29, 0.717) is 12.2 Å². The van der Waals surface area contributed by atoms with Crippen molar-refractivity contribution in [2.24, 2.45) is 5.92 Å². The van der Waals surface area contributed by atoms with Crippen LogP contribution in [-0.2, 0) is 9.53 Å². The number of hydrogen-bond acceptors (Lipinski definition) is 3. The zero-order valence-electron chi connectivity index (χ0n) is 12.5. The van der Waals surface area contributed by atoms with Crippen LogP contribution in [0.3, 0.4) is 0 Å². The second-order valence-corrected chi connectivity index (χ2v) is 6.50. The van der Waals surface area contributed by atoms with Gasteiger partial charge in [0.05, 0.1) is 5.60 Å². The van der Waals surface area contributed by atoms with Crippen LogP contribution in [0.1, 0.15) is 56.6 Å². The minimum absolute atomic E-state index is 0.0329. The lowest BCUT2D eigenvalue weighted by molar-refractivity contribution is -0.149. The van der Waals surface area contributed by atoms with E-state index in [1.165, 1.54) is 19.3 Å². The molecule has 1 aromatic carbocycles. The molecule has 1 saturated carbocycles. The number of rotatable bonds is 3. The van der Waals surface area contributed by atoms with Crippen LogP contribution in [-0.4, -0.2) is 23.1 Å². The maximum absolute atomic E-state index is 12.6. The number of benzene rings is 1. The van der Waals surface area contributed by atoms with Crippen molar-refractivity contribution in [1.29, 1.82) is 0 Å². The third-order valence-corrected chi connectivity index (χ3v) is 5.04. The third-order valence-electron chi connectivity index (χ3n) is 5.04. The first-order chi connectivity index (χ1) is 10.2. The van der Waals surface area contributed by atoms with E-state index >= 15 is 0 Å². The Kier molecular flexibility index (Phi) is 4.41. The smallest absolute Gasteiger partial charge is 0.169 e. The van der Waals surface area contributed by atoms with Crippen molar-refractivity contribution in [3.63, 3.8) is 0 Å². The van der Waals surface area contributed by atoms with E-state index in [2.05, 4.69) is 0 Å². The number of carbonyl (C=O) groups excluding carboxylic acids is 1. The highest BCUT2D eigenvalue weighted by Crippen LogP contribution is 2.41. The maximum atomic E-state index is 12.6. The molecule has 1 aliphatic carbocycles. The molecule has 2 atom stereocenters. The van der Waals surface area contributed by atoms with E-state index < -0.39 is 6.10 Å². The first-order valence-corrected chi connectivity index (χ1v) is 8.11. The summed E-state index contributed by atoms with van der Waals surface area (Å²) in [5.41, 5.74) is 0.611. The highest BCUT2D eigenvalue weighted by molar-refractivity contribution is 5.86. The van der Waals surface area contributed by atoms with E-state index in [1.54, 1.807) is 0 Å². The van der Waals surface area contributed by atoms with Gasteiger partial charge in [0.25, 0.3) is 0 Å². The van der Waals surface area contributed by atoms with E-state index in [1.807, 2.05) is 30.3 Å². The summed E-state index contributed by atoms with van der Waals surface area (Å²) in [6, 6.07) is 9.25. The van der Waals surface area contributed by atoms with Gasteiger partial charge in [-0.2, -0.15) is 0 Å². The molecule has 1 heterocycles. The average Bonchev–Trinajstić information content (AvgIpc) is 2.55. The minimum Gasteiger partial charge on any atom is -0.381 e. The first kappa shape index (κ1) is 14.7. The van der Waals surface area contributed by atoms with Gasteiger partial charge in [0.2, 0.25) is 0 Å². The van der Waals surface area contributed by atoms with Gasteiger partial charge in [-0.05, 0) is 31.2 Å². The highest BCUT2D eigenvalue weighted by atomic mass is 16.5. The fourth-order valence-electron chi connectivity index (χ4n) is 3.84. The van der Waals surface area contributed by atoms with Gasteiger partial charge in [-0.25, -0.2) is 0 Å². The summed E-state index contributed by atoms with van der Waals surface area (Å²) >= 11 is 0. The molecule has 1 spiro atoms. The normalized spacial score (nSPS) is 26.4. The lowest BCUT2D eigenvalue weighted by atomic mass is 9.74. The largest absolute Gasteiger partial charge is 0.381 e. The summed E-state index contributed by atoms with van der Waals surface area (Å²) < 4.78 is 6.04. The average molecular weight is 288 g/mol. The third kappa shape index (κ3) is 3.19. The van der Waals surface area contributed by atoms with Crippen LogP contribution in [0, 0.1) is 5.92 Å². The van der Waals surface area contributed by atoms with Crippen LogP contribution in [0.2, 0.25) is 0 Å². The molecule has 2 unspecified atom stereocenters. The molecule has 1 N–H and O–H groups in total. The van der Waals surface area contributed by atoms with Crippen molar-refractivity contribution < 1.29 is 14.6 Å². The summed E-state index contributed by atoms with van der Waals surface area (Å²) in [4.78, 5) is 12.6. The summed E-state index contributed by atoms with van der Waals surface area (Å²) in [7, 11) is 0. The molecule has 2 aliphatic rings. The van der Waals surface area contributed by atoms with Crippen molar-refractivity contribution in [3.05, 3.63) is 35.9 Å². The van der Waals surface area contributed by atoms with E-state index in [-0.39, 0.29) is 17.3 Å². The topological polar surface area (TPSA) is 46.5 Å². The number of ether oxygens (including phenoxy) is 1. The molecule has 114 valence electrons. The van der Waals surface area contributed by atoms with Gasteiger partial charge in [-0.3, -0.25) is 4.79 Å². The van der Waals surface area contributed by atoms with Crippen LogP contribution in [0.4, 0.5) is 0 Å². The Morgan fingerprint density at radius 3 is 2.62 bits per heavy atom. The number of carbonyl (C=O) groups is 1. The number of Topliss-reactive ketones (excluding diaryl/α,β-unsaturated/α-hetero) is 1. The quantitative estimate of drug-likeness (QED) is 0.927. The number of aliphatic hydroxyl groups is 1. The van der Waals surface area contributed by atoms with E-state index in [4.69, 9.17) is 4.74 Å². The van der Waals surface area contributed by atoms with Gasteiger partial charge in [0, 0.05) is 12.5 Å². The second-order valence-electron chi connectivity index (χ2n) is 6.50. The molecular weight excluding hydrogens is 264 g/mol. The Labute approximate surface area is 126 Å². The second kappa shape index (κ2) is 6.29. The Morgan fingerprint density at radius 2 is 1.90 bits per heavy atom. The molecule has 0 amide bonds. The highest BCUT2D eigenvalue weighted by Gasteiger charge is 2.41. The monoisotopic (exact) mass is 288 g/mol. The Morgan fingerprint density at radius 1 is 1.19 bits per heavy atom. The van der Waals surface area contributed by atoms with Crippen LogP contribution in [0.5, 0.6) is 0 Å². The molecule has 3 rings (SSSR count). The lowest BCUT2D eigenvalue weighted by Crippen LogP contribution is -2.44. The summed E-state index contributed by atoms with van der Waals surface area (Å²) in [6.07, 6.45) is 6.34. The van der Waals surface area contributed by atoms with Crippen LogP contribution >= 0.6 is 0 Å². The van der Waals surface area contributed by atoms with Gasteiger partial charge < -0.3 is 9.84 Å². The molecule has 3 heteroatoms.